The first-order valence-electron chi connectivity index (χ1n) is 8.92. The molecule has 0 saturated carbocycles. The summed E-state index contributed by atoms with van der Waals surface area (Å²) in [4.78, 5) is 13.3. The van der Waals surface area contributed by atoms with Crippen molar-refractivity contribution in [3.63, 3.8) is 0 Å². The van der Waals surface area contributed by atoms with Gasteiger partial charge < -0.3 is 5.32 Å². The number of thioether (sulfide) groups is 1. The highest BCUT2D eigenvalue weighted by Gasteiger charge is 2.15. The van der Waals surface area contributed by atoms with Crippen LogP contribution in [0.1, 0.15) is 31.9 Å². The Balaban J connectivity index is 1.85. The van der Waals surface area contributed by atoms with Crippen molar-refractivity contribution in [2.45, 2.75) is 49.3 Å². The van der Waals surface area contributed by atoms with E-state index in [0.717, 1.165) is 14.9 Å². The summed E-state index contributed by atoms with van der Waals surface area (Å²) in [7, 11) is -3.34. The van der Waals surface area contributed by atoms with Crippen LogP contribution < -0.4 is 10.0 Å². The van der Waals surface area contributed by atoms with E-state index in [1.807, 2.05) is 43.3 Å². The zero-order valence-electron chi connectivity index (χ0n) is 16.1. The summed E-state index contributed by atoms with van der Waals surface area (Å²) in [6.45, 7) is 5.86. The summed E-state index contributed by atoms with van der Waals surface area (Å²) in [5.41, 5.74) is 1.63. The molecule has 0 aliphatic rings. The molecular weight excluding hydrogens is 460 g/mol. The van der Waals surface area contributed by atoms with Crippen LogP contribution in [0, 0.1) is 0 Å². The Bertz CT molecular complexity index is 883. The van der Waals surface area contributed by atoms with E-state index in [0.29, 0.717) is 12.1 Å². The fraction of sp³-hybridized carbons (Fsp3) is 0.350. The molecule has 0 fully saturated rings. The Kier molecular flexibility index (Phi) is 8.55. The highest BCUT2D eigenvalue weighted by molar-refractivity contribution is 9.10. The monoisotopic (exact) mass is 484 g/mol. The van der Waals surface area contributed by atoms with Crippen LogP contribution in [0.15, 0.2) is 57.9 Å². The maximum Gasteiger partial charge on any atom is 0.233 e. The van der Waals surface area contributed by atoms with Crippen LogP contribution in [-0.2, 0) is 27.1 Å². The molecule has 0 radical (unpaired) electrons. The van der Waals surface area contributed by atoms with Crippen molar-refractivity contribution in [2.75, 3.05) is 0 Å². The average molecular weight is 485 g/mol. The number of hydrogen-bond acceptors (Lipinski definition) is 4. The lowest BCUT2D eigenvalue weighted by atomic mass is 10.1. The van der Waals surface area contributed by atoms with Gasteiger partial charge in [-0.3, -0.25) is 4.79 Å². The van der Waals surface area contributed by atoms with E-state index in [-0.39, 0.29) is 23.0 Å². The van der Waals surface area contributed by atoms with Gasteiger partial charge in [0, 0.05) is 22.0 Å². The molecule has 2 aromatic carbocycles. The molecule has 0 aliphatic heterocycles. The van der Waals surface area contributed by atoms with Gasteiger partial charge in [0.1, 0.15) is 0 Å². The van der Waals surface area contributed by atoms with Gasteiger partial charge in [-0.25, -0.2) is 13.1 Å². The largest absolute Gasteiger partial charge is 0.351 e. The molecule has 5 nitrogen and oxygen atoms in total. The lowest BCUT2D eigenvalue weighted by Gasteiger charge is -2.13. The number of hydrogen-bond donors (Lipinski definition) is 2. The van der Waals surface area contributed by atoms with Gasteiger partial charge in [-0.1, -0.05) is 40.2 Å². The Morgan fingerprint density at radius 2 is 1.57 bits per heavy atom. The molecule has 2 aromatic rings. The Morgan fingerprint density at radius 3 is 2.14 bits per heavy atom. The van der Waals surface area contributed by atoms with Gasteiger partial charge in [-0.05, 0) is 56.2 Å². The number of carbonyl (C=O) groups excluding carboxylic acids is 1. The average Bonchev–Trinajstić information content (AvgIpc) is 2.61. The summed E-state index contributed by atoms with van der Waals surface area (Å²) >= 11 is 4.90. The summed E-state index contributed by atoms with van der Waals surface area (Å²) in [5.74, 6) is -0.0979. The summed E-state index contributed by atoms with van der Waals surface area (Å²) < 4.78 is 27.5. The normalized spacial score (nSPS) is 12.8. The van der Waals surface area contributed by atoms with Gasteiger partial charge >= 0.3 is 0 Å². The maximum atomic E-state index is 12.3. The van der Waals surface area contributed by atoms with E-state index < -0.39 is 10.0 Å². The molecule has 1 amide bonds. The number of halogens is 1. The zero-order chi connectivity index (χ0) is 20.7. The van der Waals surface area contributed by atoms with Crippen molar-refractivity contribution in [3.8, 4) is 0 Å². The first kappa shape index (κ1) is 22.9. The molecule has 0 bridgehead atoms. The Morgan fingerprint density at radius 1 is 1.00 bits per heavy atom. The van der Waals surface area contributed by atoms with Crippen LogP contribution in [0.3, 0.4) is 0 Å². The minimum absolute atomic E-state index is 0.0410. The van der Waals surface area contributed by atoms with Crippen LogP contribution in [0.5, 0.6) is 0 Å². The molecule has 2 N–H and O–H groups in total. The number of carbonyl (C=O) groups is 1. The maximum absolute atomic E-state index is 12.3. The lowest BCUT2D eigenvalue weighted by Crippen LogP contribution is -2.31. The van der Waals surface area contributed by atoms with Gasteiger partial charge in [-0.15, -0.1) is 11.8 Å². The fourth-order valence-electron chi connectivity index (χ4n) is 2.48. The van der Waals surface area contributed by atoms with Crippen molar-refractivity contribution in [1.82, 2.24) is 10.0 Å². The van der Waals surface area contributed by atoms with Gasteiger partial charge in [0.2, 0.25) is 15.9 Å². The van der Waals surface area contributed by atoms with Crippen molar-refractivity contribution in [3.05, 3.63) is 64.1 Å². The molecule has 152 valence electrons. The van der Waals surface area contributed by atoms with E-state index in [2.05, 4.69) is 26.0 Å². The predicted molar refractivity (Wildman–Crippen MR) is 119 cm³/mol. The van der Waals surface area contributed by atoms with Gasteiger partial charge in [0.25, 0.3) is 0 Å². The van der Waals surface area contributed by atoms with Crippen molar-refractivity contribution in [1.29, 1.82) is 0 Å². The van der Waals surface area contributed by atoms with Crippen LogP contribution in [0.4, 0.5) is 0 Å². The molecule has 0 aliphatic carbocycles. The molecule has 8 heteroatoms. The Hall–Kier alpha value is -1.35. The second kappa shape index (κ2) is 10.4. The van der Waals surface area contributed by atoms with Gasteiger partial charge in [0.15, 0.2) is 0 Å². The highest BCUT2D eigenvalue weighted by Crippen LogP contribution is 2.25. The second-order valence-electron chi connectivity index (χ2n) is 6.78. The Labute approximate surface area is 179 Å². The summed E-state index contributed by atoms with van der Waals surface area (Å²) in [6, 6.07) is 15.0. The summed E-state index contributed by atoms with van der Waals surface area (Å²) in [5, 5.41) is 2.71. The summed E-state index contributed by atoms with van der Waals surface area (Å²) in [6.07, 6.45) is 0. The molecule has 0 heterocycles. The van der Waals surface area contributed by atoms with E-state index in [1.54, 1.807) is 26.0 Å². The molecule has 0 aromatic heterocycles. The fourth-order valence-corrected chi connectivity index (χ4v) is 5.07. The molecule has 0 spiro atoms. The lowest BCUT2D eigenvalue weighted by molar-refractivity contribution is -0.120. The van der Waals surface area contributed by atoms with Crippen LogP contribution in [-0.4, -0.2) is 25.6 Å². The van der Waals surface area contributed by atoms with Crippen LogP contribution >= 0.6 is 27.7 Å². The second-order valence-corrected chi connectivity index (χ2v) is 10.9. The first-order valence-corrected chi connectivity index (χ1v) is 12.2. The molecule has 0 saturated heterocycles. The smallest absolute Gasteiger partial charge is 0.233 e. The van der Waals surface area contributed by atoms with Crippen molar-refractivity contribution in [2.24, 2.45) is 0 Å². The standard InChI is InChI=1S/C20H25BrN2O3S2/c1-14(2)23-28(25,26)13-17-6-4-16(5-7-17)12-22-20(24)15(3)27-19-10-8-18(21)9-11-19/h4-11,14-15,23H,12-13H2,1-3H3,(H,22,24). The SMILES string of the molecule is CC(C)NS(=O)(=O)Cc1ccc(CNC(=O)C(C)Sc2ccc(Br)cc2)cc1. The minimum Gasteiger partial charge on any atom is -0.351 e. The predicted octanol–water partition coefficient (Wildman–Crippen LogP) is 4.07. The number of nitrogens with one attached hydrogen (secondary N) is 2. The first-order chi connectivity index (χ1) is 13.1. The highest BCUT2D eigenvalue weighted by atomic mass is 79.9. The minimum atomic E-state index is -3.34. The van der Waals surface area contributed by atoms with Crippen LogP contribution in [0.2, 0.25) is 0 Å². The third-order valence-corrected chi connectivity index (χ3v) is 6.94. The van der Waals surface area contributed by atoms with E-state index >= 15 is 0 Å². The molecule has 1 unspecified atom stereocenters. The van der Waals surface area contributed by atoms with E-state index in [1.165, 1.54) is 11.8 Å². The molecular formula is C20H25BrN2O3S2. The third kappa shape index (κ3) is 7.95. The molecule has 1 atom stereocenters. The number of amides is 1. The van der Waals surface area contributed by atoms with Crippen molar-refractivity contribution < 1.29 is 13.2 Å². The molecule has 2 rings (SSSR count). The van der Waals surface area contributed by atoms with Crippen LogP contribution in [0.25, 0.3) is 0 Å². The number of benzene rings is 2. The van der Waals surface area contributed by atoms with Gasteiger partial charge in [0.05, 0.1) is 11.0 Å². The number of rotatable bonds is 9. The third-order valence-electron chi connectivity index (χ3n) is 3.76. The quantitative estimate of drug-likeness (QED) is 0.525. The van der Waals surface area contributed by atoms with E-state index in [4.69, 9.17) is 0 Å². The zero-order valence-corrected chi connectivity index (χ0v) is 19.3. The number of sulfonamides is 1. The molecule has 28 heavy (non-hydrogen) atoms. The van der Waals surface area contributed by atoms with Gasteiger partial charge in [-0.2, -0.15) is 0 Å². The van der Waals surface area contributed by atoms with Crippen molar-refractivity contribution >= 4 is 43.6 Å². The van der Waals surface area contributed by atoms with E-state index in [9.17, 15) is 13.2 Å². The topological polar surface area (TPSA) is 75.3 Å².